The summed E-state index contributed by atoms with van der Waals surface area (Å²) in [6.07, 6.45) is 1.64. The van der Waals surface area contributed by atoms with Crippen molar-refractivity contribution in [3.8, 4) is 0 Å². The highest BCUT2D eigenvalue weighted by Gasteiger charge is 2.33. The van der Waals surface area contributed by atoms with Crippen molar-refractivity contribution in [3.63, 3.8) is 0 Å². The number of hydrogen-bond acceptors (Lipinski definition) is 5. The van der Waals surface area contributed by atoms with Crippen LogP contribution in [0, 0.1) is 5.92 Å². The maximum Gasteiger partial charge on any atom is 0.329 e. The molecule has 1 unspecified atom stereocenters. The van der Waals surface area contributed by atoms with Gasteiger partial charge >= 0.3 is 5.97 Å². The maximum absolute atomic E-state index is 12.2. The summed E-state index contributed by atoms with van der Waals surface area (Å²) in [6, 6.07) is -0.856. The van der Waals surface area contributed by atoms with Gasteiger partial charge in [-0.2, -0.15) is 0 Å². The van der Waals surface area contributed by atoms with Gasteiger partial charge in [-0.25, -0.2) is 13.2 Å². The Labute approximate surface area is 127 Å². The molecule has 1 N–H and O–H groups in total. The molecular formula is C14H27NO5S. The van der Waals surface area contributed by atoms with E-state index in [0.717, 1.165) is 6.26 Å². The molecule has 0 heterocycles. The quantitative estimate of drug-likeness (QED) is 0.745. The van der Waals surface area contributed by atoms with Crippen LogP contribution < -0.4 is 5.32 Å². The van der Waals surface area contributed by atoms with Crippen LogP contribution in [0.1, 0.15) is 48.0 Å². The first-order valence-electron chi connectivity index (χ1n) is 7.01. The Balaban J connectivity index is 5.12. The first-order valence-corrected chi connectivity index (χ1v) is 8.97. The van der Waals surface area contributed by atoms with Gasteiger partial charge in [0.2, 0.25) is 5.91 Å². The Morgan fingerprint density at radius 1 is 1.19 bits per heavy atom. The molecule has 0 aliphatic rings. The number of nitrogens with one attached hydrogen (secondary N) is 1. The third kappa shape index (κ3) is 6.93. The van der Waals surface area contributed by atoms with E-state index >= 15 is 0 Å². The molecule has 0 saturated carbocycles. The molecule has 0 radical (unpaired) electrons. The number of amides is 1. The molecule has 3 atom stereocenters. The smallest absolute Gasteiger partial charge is 0.329 e. The van der Waals surface area contributed by atoms with Crippen molar-refractivity contribution in [3.05, 3.63) is 0 Å². The Hall–Kier alpha value is -1.11. The van der Waals surface area contributed by atoms with Crippen LogP contribution >= 0.6 is 0 Å². The minimum Gasteiger partial charge on any atom is -0.458 e. The number of hydrogen-bond donors (Lipinski definition) is 1. The van der Waals surface area contributed by atoms with Crippen molar-refractivity contribution in [2.75, 3.05) is 6.26 Å². The molecule has 1 amide bonds. The standard InChI is InChI=1S/C14H27NO5S/c1-8-9(2)11(13(17)20-14(4,5)6)15-12(16)10(3)21(7,18)19/h9-11H,8H2,1-7H3,(H,15,16)/t9-,10?,11-/m0/s1. The largest absolute Gasteiger partial charge is 0.458 e. The van der Waals surface area contributed by atoms with E-state index in [4.69, 9.17) is 4.74 Å². The molecule has 0 spiro atoms. The summed E-state index contributed by atoms with van der Waals surface area (Å²) in [5.41, 5.74) is -0.671. The molecule has 7 heteroatoms. The monoisotopic (exact) mass is 321 g/mol. The highest BCUT2D eigenvalue weighted by atomic mass is 32.2. The molecule has 0 aliphatic heterocycles. The SMILES string of the molecule is CC[C@H](C)[C@H](NC(=O)C(C)S(C)(=O)=O)C(=O)OC(C)(C)C. The number of esters is 1. The van der Waals surface area contributed by atoms with E-state index in [1.165, 1.54) is 6.92 Å². The summed E-state index contributed by atoms with van der Waals surface area (Å²) in [5, 5.41) is 1.30. The number of carbonyl (C=O) groups is 2. The highest BCUT2D eigenvalue weighted by Crippen LogP contribution is 2.15. The van der Waals surface area contributed by atoms with E-state index in [1.807, 2.05) is 6.92 Å². The van der Waals surface area contributed by atoms with Gasteiger partial charge < -0.3 is 10.1 Å². The lowest BCUT2D eigenvalue weighted by atomic mass is 9.98. The summed E-state index contributed by atoms with van der Waals surface area (Å²) in [5.74, 6) is -1.39. The van der Waals surface area contributed by atoms with Gasteiger partial charge in [0.1, 0.15) is 16.9 Å². The zero-order valence-corrected chi connectivity index (χ0v) is 14.7. The van der Waals surface area contributed by atoms with Crippen LogP contribution in [0.2, 0.25) is 0 Å². The van der Waals surface area contributed by atoms with Crippen LogP contribution in [0.4, 0.5) is 0 Å². The van der Waals surface area contributed by atoms with Gasteiger partial charge in [-0.1, -0.05) is 20.3 Å². The van der Waals surface area contributed by atoms with Crippen molar-refractivity contribution in [2.45, 2.75) is 64.9 Å². The normalized spacial score (nSPS) is 16.7. The predicted molar refractivity (Wildman–Crippen MR) is 81.5 cm³/mol. The number of sulfone groups is 1. The summed E-state index contributed by atoms with van der Waals surface area (Å²) >= 11 is 0. The van der Waals surface area contributed by atoms with Gasteiger partial charge in [0.25, 0.3) is 0 Å². The number of ether oxygens (including phenoxy) is 1. The fourth-order valence-electron chi connectivity index (χ4n) is 1.50. The average molecular weight is 321 g/mol. The first kappa shape index (κ1) is 19.9. The topological polar surface area (TPSA) is 89.5 Å². The molecule has 21 heavy (non-hydrogen) atoms. The van der Waals surface area contributed by atoms with E-state index < -0.39 is 38.6 Å². The third-order valence-electron chi connectivity index (χ3n) is 3.18. The molecule has 0 aliphatic carbocycles. The van der Waals surface area contributed by atoms with E-state index in [2.05, 4.69) is 5.32 Å². The summed E-state index contributed by atoms with van der Waals surface area (Å²) in [4.78, 5) is 24.2. The molecule has 124 valence electrons. The molecule has 0 aromatic heterocycles. The van der Waals surface area contributed by atoms with Crippen LogP contribution in [0.5, 0.6) is 0 Å². The second-order valence-corrected chi connectivity index (χ2v) is 8.74. The van der Waals surface area contributed by atoms with Gasteiger partial charge in [0.15, 0.2) is 9.84 Å². The first-order chi connectivity index (χ1) is 9.29. The van der Waals surface area contributed by atoms with Crippen LogP contribution in [0.3, 0.4) is 0 Å². The predicted octanol–water partition coefficient (Wildman–Crippen LogP) is 1.29. The number of carbonyl (C=O) groups excluding carboxylic acids is 2. The van der Waals surface area contributed by atoms with Gasteiger partial charge in [-0.05, 0) is 33.6 Å². The maximum atomic E-state index is 12.2. The molecule has 6 nitrogen and oxygen atoms in total. The van der Waals surface area contributed by atoms with Crippen molar-refractivity contribution in [2.24, 2.45) is 5.92 Å². The summed E-state index contributed by atoms with van der Waals surface area (Å²) < 4.78 is 28.1. The molecule has 0 saturated heterocycles. The average Bonchev–Trinajstić information content (AvgIpc) is 2.30. The molecule has 0 aromatic rings. The molecular weight excluding hydrogens is 294 g/mol. The zero-order chi connectivity index (χ0) is 17.0. The van der Waals surface area contributed by atoms with Crippen LogP contribution in [0.15, 0.2) is 0 Å². The Morgan fingerprint density at radius 3 is 2.00 bits per heavy atom. The lowest BCUT2D eigenvalue weighted by molar-refractivity contribution is -0.160. The van der Waals surface area contributed by atoms with E-state index in [1.54, 1.807) is 27.7 Å². The minimum absolute atomic E-state index is 0.157. The Morgan fingerprint density at radius 2 is 1.67 bits per heavy atom. The zero-order valence-electron chi connectivity index (χ0n) is 13.9. The van der Waals surface area contributed by atoms with E-state index in [-0.39, 0.29) is 5.92 Å². The van der Waals surface area contributed by atoms with Gasteiger partial charge in [0, 0.05) is 6.26 Å². The van der Waals surface area contributed by atoms with Crippen molar-refractivity contribution in [1.82, 2.24) is 5.32 Å². The fraction of sp³-hybridized carbons (Fsp3) is 0.857. The van der Waals surface area contributed by atoms with Crippen LogP contribution in [0.25, 0.3) is 0 Å². The molecule has 0 bridgehead atoms. The number of rotatable bonds is 6. The van der Waals surface area contributed by atoms with Crippen molar-refractivity contribution >= 4 is 21.7 Å². The summed E-state index contributed by atoms with van der Waals surface area (Å²) in [6.45, 7) is 10.2. The lowest BCUT2D eigenvalue weighted by Crippen LogP contribution is -2.51. The lowest BCUT2D eigenvalue weighted by Gasteiger charge is -2.28. The van der Waals surface area contributed by atoms with Gasteiger partial charge in [-0.15, -0.1) is 0 Å². The molecule has 0 aromatic carbocycles. The van der Waals surface area contributed by atoms with Crippen molar-refractivity contribution < 1.29 is 22.7 Å². The summed E-state index contributed by atoms with van der Waals surface area (Å²) in [7, 11) is -3.51. The third-order valence-corrected chi connectivity index (χ3v) is 4.68. The van der Waals surface area contributed by atoms with Gasteiger partial charge in [-0.3, -0.25) is 4.79 Å². The fourth-order valence-corrected chi connectivity index (χ4v) is 1.96. The second-order valence-electron chi connectivity index (χ2n) is 6.38. The minimum atomic E-state index is -3.51. The van der Waals surface area contributed by atoms with Gasteiger partial charge in [0.05, 0.1) is 0 Å². The molecule has 0 rings (SSSR count). The van der Waals surface area contributed by atoms with Crippen molar-refractivity contribution in [1.29, 1.82) is 0 Å². The highest BCUT2D eigenvalue weighted by molar-refractivity contribution is 7.92. The Kier molecular flexibility index (Phi) is 6.86. The second kappa shape index (κ2) is 7.24. The van der Waals surface area contributed by atoms with Crippen LogP contribution in [-0.4, -0.2) is 43.4 Å². The van der Waals surface area contributed by atoms with Crippen LogP contribution in [-0.2, 0) is 24.2 Å². The Bertz CT molecular complexity index is 478. The molecule has 0 fully saturated rings. The van der Waals surface area contributed by atoms with E-state index in [0.29, 0.717) is 6.42 Å². The van der Waals surface area contributed by atoms with E-state index in [9.17, 15) is 18.0 Å².